The number of hydrogen-bond donors (Lipinski definition) is 4. The molecule has 1 saturated heterocycles. The van der Waals surface area contributed by atoms with Crippen molar-refractivity contribution in [2.75, 3.05) is 24.6 Å². The molecule has 0 aromatic heterocycles. The predicted octanol–water partition coefficient (Wildman–Crippen LogP) is 1.24. The number of ether oxygens (including phenoxy) is 1. The van der Waals surface area contributed by atoms with Gasteiger partial charge in [-0.1, -0.05) is 70.1 Å². The van der Waals surface area contributed by atoms with Crippen molar-refractivity contribution in [3.8, 4) is 0 Å². The Labute approximate surface area is 233 Å². The Morgan fingerprint density at radius 3 is 2.54 bits per heavy atom. The van der Waals surface area contributed by atoms with Crippen LogP contribution < -0.4 is 21.3 Å². The Balaban J connectivity index is 1.64. The quantitative estimate of drug-likeness (QED) is 0.240. The highest BCUT2D eigenvalue weighted by molar-refractivity contribution is 8.76. The number of esters is 1. The van der Waals surface area contributed by atoms with Gasteiger partial charge in [0.1, 0.15) is 24.7 Å². The molecule has 0 saturated carbocycles. The van der Waals surface area contributed by atoms with Crippen molar-refractivity contribution in [3.63, 3.8) is 0 Å². The molecule has 1 fully saturated rings. The van der Waals surface area contributed by atoms with Crippen LogP contribution in [0.25, 0.3) is 10.8 Å². The Kier molecular flexibility index (Phi) is 10.3. The molecule has 206 valence electrons. The SMILES string of the molecule is O=C1C[C@H]2/C=C/CCSSC[C@@H](NC(=O)CN1)C(=O)N[C@@H](Cc1cccc3ccccc13)C(=O)NCC(=O)O2. The average molecular weight is 571 g/mol. The van der Waals surface area contributed by atoms with Gasteiger partial charge >= 0.3 is 5.97 Å². The maximum atomic E-state index is 13.4. The number of rotatable bonds is 2. The van der Waals surface area contributed by atoms with Gasteiger partial charge in [0.05, 0.1) is 13.0 Å². The molecule has 2 bridgehead atoms. The number of amides is 4. The van der Waals surface area contributed by atoms with Crippen molar-refractivity contribution in [1.29, 1.82) is 0 Å². The highest BCUT2D eigenvalue weighted by Crippen LogP contribution is 2.24. The smallest absolute Gasteiger partial charge is 0.326 e. The van der Waals surface area contributed by atoms with Crippen molar-refractivity contribution in [1.82, 2.24) is 21.3 Å². The molecule has 2 aromatic carbocycles. The van der Waals surface area contributed by atoms with Gasteiger partial charge in [0.15, 0.2) is 0 Å². The van der Waals surface area contributed by atoms with Gasteiger partial charge in [0.2, 0.25) is 23.6 Å². The lowest BCUT2D eigenvalue weighted by molar-refractivity contribution is -0.148. The Morgan fingerprint density at radius 1 is 0.846 bits per heavy atom. The normalized spacial score (nSPS) is 24.9. The van der Waals surface area contributed by atoms with E-state index in [0.717, 1.165) is 16.3 Å². The highest BCUT2D eigenvalue weighted by atomic mass is 33.1. The number of carbonyl (C=O) groups excluding carboxylic acids is 5. The van der Waals surface area contributed by atoms with E-state index in [1.807, 2.05) is 48.5 Å². The first-order valence-electron chi connectivity index (χ1n) is 12.6. The van der Waals surface area contributed by atoms with Crippen molar-refractivity contribution >= 4 is 62.0 Å². The largest absolute Gasteiger partial charge is 0.456 e. The molecule has 3 atom stereocenters. The Morgan fingerprint density at radius 2 is 1.67 bits per heavy atom. The monoisotopic (exact) mass is 570 g/mol. The number of benzene rings is 2. The van der Waals surface area contributed by atoms with Gasteiger partial charge in [-0.3, -0.25) is 24.0 Å². The van der Waals surface area contributed by atoms with E-state index in [0.29, 0.717) is 12.2 Å². The summed E-state index contributed by atoms with van der Waals surface area (Å²) in [6.45, 7) is -0.775. The fraction of sp³-hybridized carbons (Fsp3) is 0.370. The second-order valence-electron chi connectivity index (χ2n) is 9.07. The van der Waals surface area contributed by atoms with Gasteiger partial charge in [-0.15, -0.1) is 0 Å². The van der Waals surface area contributed by atoms with Crippen LogP contribution in [0.1, 0.15) is 18.4 Å². The van der Waals surface area contributed by atoms with Crippen molar-refractivity contribution in [2.45, 2.75) is 37.5 Å². The molecule has 4 N–H and O–H groups in total. The van der Waals surface area contributed by atoms with Crippen LogP contribution in [0.4, 0.5) is 0 Å². The summed E-state index contributed by atoms with van der Waals surface area (Å²) in [6.07, 6.45) is 3.24. The first kappa shape index (κ1) is 28.5. The van der Waals surface area contributed by atoms with Crippen molar-refractivity contribution < 1.29 is 28.7 Å². The molecule has 4 amide bonds. The van der Waals surface area contributed by atoms with Gasteiger partial charge in [-0.05, 0) is 28.8 Å². The lowest BCUT2D eigenvalue weighted by atomic mass is 9.98. The van der Waals surface area contributed by atoms with E-state index in [2.05, 4.69) is 21.3 Å². The Bertz CT molecular complexity index is 1260. The molecule has 39 heavy (non-hydrogen) atoms. The van der Waals surface area contributed by atoms with Gasteiger partial charge in [0, 0.05) is 17.9 Å². The zero-order valence-electron chi connectivity index (χ0n) is 21.1. The molecular weight excluding hydrogens is 540 g/mol. The van der Waals surface area contributed by atoms with E-state index in [-0.39, 0.29) is 25.1 Å². The summed E-state index contributed by atoms with van der Waals surface area (Å²) in [5.74, 6) is -1.90. The van der Waals surface area contributed by atoms with Crippen molar-refractivity contribution in [3.05, 3.63) is 60.2 Å². The molecular formula is C27H30N4O6S2. The third-order valence-electron chi connectivity index (χ3n) is 6.15. The van der Waals surface area contributed by atoms with E-state index in [1.165, 1.54) is 21.6 Å². The van der Waals surface area contributed by atoms with E-state index < -0.39 is 54.3 Å². The lowest BCUT2D eigenvalue weighted by Gasteiger charge is -2.24. The molecule has 2 aromatic rings. The molecule has 0 radical (unpaired) electrons. The topological polar surface area (TPSA) is 143 Å². The summed E-state index contributed by atoms with van der Waals surface area (Å²) in [7, 11) is 2.95. The number of hydrogen-bond acceptors (Lipinski definition) is 8. The first-order chi connectivity index (χ1) is 18.9. The molecule has 12 heteroatoms. The van der Waals surface area contributed by atoms with Crippen LogP contribution in [0.5, 0.6) is 0 Å². The zero-order chi connectivity index (χ0) is 27.6. The summed E-state index contributed by atoms with van der Waals surface area (Å²) in [4.78, 5) is 64.3. The molecule has 0 spiro atoms. The standard InChI is InChI=1S/C27H30N4O6S2/c32-23-13-19-9-3-4-11-38-39-16-22(30-24(33)14-28-23)27(36)31-21(26(35)29-15-25(34)37-19)12-18-8-5-7-17-6-1-2-10-20(17)18/h1-3,5-10,19,21-22H,4,11-16H2,(H,28,32)(H,29,35)(H,30,33)(H,31,36)/b9-3+/t19-,21+,22-/m1/s1. The summed E-state index contributed by atoms with van der Waals surface area (Å²) in [5, 5.41) is 12.4. The predicted molar refractivity (Wildman–Crippen MR) is 151 cm³/mol. The molecule has 2 aliphatic heterocycles. The maximum Gasteiger partial charge on any atom is 0.326 e. The van der Waals surface area contributed by atoms with E-state index in [1.54, 1.807) is 6.08 Å². The van der Waals surface area contributed by atoms with Crippen LogP contribution in [0.15, 0.2) is 54.6 Å². The molecule has 2 heterocycles. The van der Waals surface area contributed by atoms with Gasteiger partial charge in [-0.2, -0.15) is 0 Å². The minimum atomic E-state index is -1.02. The van der Waals surface area contributed by atoms with Crippen LogP contribution in [-0.2, 0) is 35.1 Å². The van der Waals surface area contributed by atoms with Gasteiger partial charge in [0.25, 0.3) is 0 Å². The van der Waals surface area contributed by atoms with Gasteiger partial charge < -0.3 is 26.0 Å². The number of nitrogens with one attached hydrogen (secondary N) is 4. The number of fused-ring (bicyclic) bond motifs is 8. The minimum Gasteiger partial charge on any atom is -0.456 e. The summed E-state index contributed by atoms with van der Waals surface area (Å²) in [6, 6.07) is 11.5. The van der Waals surface area contributed by atoms with Crippen LogP contribution >= 0.6 is 21.6 Å². The summed E-state index contributed by atoms with van der Waals surface area (Å²) >= 11 is 0. The van der Waals surface area contributed by atoms with E-state index in [4.69, 9.17) is 4.74 Å². The summed E-state index contributed by atoms with van der Waals surface area (Å²) in [5.41, 5.74) is 0.842. The highest BCUT2D eigenvalue weighted by Gasteiger charge is 2.29. The van der Waals surface area contributed by atoms with Crippen LogP contribution in [0, 0.1) is 0 Å². The van der Waals surface area contributed by atoms with E-state index >= 15 is 0 Å². The van der Waals surface area contributed by atoms with Gasteiger partial charge in [-0.25, -0.2) is 0 Å². The second kappa shape index (κ2) is 14.0. The fourth-order valence-corrected chi connectivity index (χ4v) is 6.37. The molecule has 4 rings (SSSR count). The second-order valence-corrected chi connectivity index (χ2v) is 11.7. The number of carbonyl (C=O) groups is 5. The molecule has 2 aliphatic rings. The molecule has 0 unspecified atom stereocenters. The number of allylic oxidation sites excluding steroid dienone is 1. The van der Waals surface area contributed by atoms with E-state index in [9.17, 15) is 24.0 Å². The average Bonchev–Trinajstić information content (AvgIpc) is 2.92. The fourth-order valence-electron chi connectivity index (χ4n) is 4.22. The zero-order valence-corrected chi connectivity index (χ0v) is 22.8. The molecule has 0 aliphatic carbocycles. The first-order valence-corrected chi connectivity index (χ1v) is 15.1. The van der Waals surface area contributed by atoms with Crippen LogP contribution in [0.3, 0.4) is 0 Å². The third kappa shape index (κ3) is 8.49. The lowest BCUT2D eigenvalue weighted by Crippen LogP contribution is -2.56. The minimum absolute atomic E-state index is 0.165. The molecule has 10 nitrogen and oxygen atoms in total. The third-order valence-corrected chi connectivity index (χ3v) is 8.59. The van der Waals surface area contributed by atoms with Crippen LogP contribution in [0.2, 0.25) is 0 Å². The van der Waals surface area contributed by atoms with Crippen LogP contribution in [-0.4, -0.2) is 72.4 Å². The maximum absolute atomic E-state index is 13.4. The Hall–Kier alpha value is -3.51. The summed E-state index contributed by atoms with van der Waals surface area (Å²) < 4.78 is 5.44. The van der Waals surface area contributed by atoms with Crippen molar-refractivity contribution in [2.24, 2.45) is 0 Å².